The lowest BCUT2D eigenvalue weighted by Crippen LogP contribution is -2.33. The van der Waals surface area contributed by atoms with Crippen LogP contribution in [0.15, 0.2) is 23.6 Å². The fraction of sp³-hybridized carbons (Fsp3) is 0.400. The molecule has 3 rings (SSSR count). The molecule has 3 nitrogen and oxygen atoms in total. The Morgan fingerprint density at radius 3 is 3.00 bits per heavy atom. The average molecular weight is 273 g/mol. The summed E-state index contributed by atoms with van der Waals surface area (Å²) in [4.78, 5) is 8.64. The molecule has 0 aliphatic carbocycles. The van der Waals surface area contributed by atoms with Gasteiger partial charge in [-0.1, -0.05) is 6.07 Å². The number of hydrogen-bond donors (Lipinski definition) is 1. The van der Waals surface area contributed by atoms with E-state index in [9.17, 15) is 0 Å². The van der Waals surface area contributed by atoms with Crippen molar-refractivity contribution in [2.45, 2.75) is 32.9 Å². The highest BCUT2D eigenvalue weighted by Gasteiger charge is 2.25. The summed E-state index contributed by atoms with van der Waals surface area (Å²) in [7, 11) is 0. The third-order valence-electron chi connectivity index (χ3n) is 3.97. The quantitative estimate of drug-likeness (QED) is 0.914. The van der Waals surface area contributed by atoms with Gasteiger partial charge in [0.2, 0.25) is 0 Å². The Kier molecular flexibility index (Phi) is 3.29. The first-order valence-electron chi connectivity index (χ1n) is 6.70. The lowest BCUT2D eigenvalue weighted by Gasteiger charge is -2.34. The lowest BCUT2D eigenvalue weighted by atomic mass is 10.0. The molecule has 2 aromatic rings. The van der Waals surface area contributed by atoms with Crippen LogP contribution in [0.25, 0.3) is 0 Å². The molecule has 1 atom stereocenters. The molecule has 0 saturated heterocycles. The van der Waals surface area contributed by atoms with E-state index in [0.717, 1.165) is 30.0 Å². The van der Waals surface area contributed by atoms with Crippen LogP contribution in [0.1, 0.15) is 34.7 Å². The SMILES string of the molecule is Cc1nc(N2CCc3sccc3C2C)ccc1CN. The number of pyridine rings is 1. The van der Waals surface area contributed by atoms with Crippen LogP contribution >= 0.6 is 11.3 Å². The zero-order chi connectivity index (χ0) is 13.4. The van der Waals surface area contributed by atoms with Gasteiger partial charge < -0.3 is 10.6 Å². The van der Waals surface area contributed by atoms with Crippen molar-refractivity contribution in [3.05, 3.63) is 45.3 Å². The second-order valence-corrected chi connectivity index (χ2v) is 6.04. The molecule has 4 heteroatoms. The van der Waals surface area contributed by atoms with Gasteiger partial charge in [-0.3, -0.25) is 0 Å². The maximum Gasteiger partial charge on any atom is 0.129 e. The highest BCUT2D eigenvalue weighted by Crippen LogP contribution is 2.35. The van der Waals surface area contributed by atoms with Crippen molar-refractivity contribution in [2.75, 3.05) is 11.4 Å². The van der Waals surface area contributed by atoms with E-state index >= 15 is 0 Å². The number of aromatic nitrogens is 1. The van der Waals surface area contributed by atoms with E-state index in [0.29, 0.717) is 12.6 Å². The topological polar surface area (TPSA) is 42.2 Å². The summed E-state index contributed by atoms with van der Waals surface area (Å²) in [6, 6.07) is 6.86. The Morgan fingerprint density at radius 1 is 1.42 bits per heavy atom. The number of nitrogens with two attached hydrogens (primary N) is 1. The van der Waals surface area contributed by atoms with Crippen LogP contribution in [0.2, 0.25) is 0 Å². The number of nitrogens with zero attached hydrogens (tertiary/aromatic N) is 2. The number of fused-ring (bicyclic) bond motifs is 1. The minimum atomic E-state index is 0.408. The fourth-order valence-electron chi connectivity index (χ4n) is 2.77. The van der Waals surface area contributed by atoms with Crippen LogP contribution in [0, 0.1) is 6.92 Å². The molecule has 0 bridgehead atoms. The van der Waals surface area contributed by atoms with Gasteiger partial charge in [-0.15, -0.1) is 11.3 Å². The van der Waals surface area contributed by atoms with Gasteiger partial charge in [-0.05, 0) is 48.9 Å². The predicted molar refractivity (Wildman–Crippen MR) is 80.6 cm³/mol. The number of anilines is 1. The summed E-state index contributed by atoms with van der Waals surface area (Å²) < 4.78 is 0. The highest BCUT2D eigenvalue weighted by atomic mass is 32.1. The van der Waals surface area contributed by atoms with Gasteiger partial charge in [0.1, 0.15) is 5.82 Å². The van der Waals surface area contributed by atoms with Gasteiger partial charge in [0.25, 0.3) is 0 Å². The molecule has 0 fully saturated rings. The predicted octanol–water partition coefficient (Wildman–Crippen LogP) is 3.03. The average Bonchev–Trinajstić information content (AvgIpc) is 2.88. The van der Waals surface area contributed by atoms with Gasteiger partial charge in [0.05, 0.1) is 6.04 Å². The summed E-state index contributed by atoms with van der Waals surface area (Å²) in [5.74, 6) is 1.07. The van der Waals surface area contributed by atoms with Crippen molar-refractivity contribution in [1.29, 1.82) is 0 Å². The molecule has 0 amide bonds. The molecule has 1 aliphatic heterocycles. The van der Waals surface area contributed by atoms with Crippen LogP contribution in [-0.4, -0.2) is 11.5 Å². The van der Waals surface area contributed by atoms with Crippen LogP contribution in [0.4, 0.5) is 5.82 Å². The maximum absolute atomic E-state index is 5.70. The molecular formula is C15H19N3S. The molecule has 0 radical (unpaired) electrons. The summed E-state index contributed by atoms with van der Waals surface area (Å²) in [6.45, 7) is 5.90. The molecule has 2 aromatic heterocycles. The molecule has 0 aromatic carbocycles. The van der Waals surface area contributed by atoms with E-state index in [2.05, 4.69) is 35.4 Å². The van der Waals surface area contributed by atoms with Crippen LogP contribution in [0.3, 0.4) is 0 Å². The molecule has 3 heterocycles. The number of hydrogen-bond acceptors (Lipinski definition) is 4. The summed E-state index contributed by atoms with van der Waals surface area (Å²) in [6.07, 6.45) is 1.12. The summed E-state index contributed by atoms with van der Waals surface area (Å²) in [5, 5.41) is 2.20. The first-order chi connectivity index (χ1) is 9.20. The standard InChI is InChI=1S/C15H19N3S/c1-10-12(9-16)3-4-15(17-10)18-7-5-14-13(11(18)2)6-8-19-14/h3-4,6,8,11H,5,7,9,16H2,1-2H3. The Balaban J connectivity index is 1.93. The summed E-state index contributed by atoms with van der Waals surface area (Å²) in [5.41, 5.74) is 9.33. The van der Waals surface area contributed by atoms with E-state index in [-0.39, 0.29) is 0 Å². The van der Waals surface area contributed by atoms with Crippen molar-refractivity contribution in [1.82, 2.24) is 4.98 Å². The van der Waals surface area contributed by atoms with E-state index in [1.807, 2.05) is 18.3 Å². The molecule has 100 valence electrons. The minimum absolute atomic E-state index is 0.408. The maximum atomic E-state index is 5.70. The fourth-order valence-corrected chi connectivity index (χ4v) is 3.74. The monoisotopic (exact) mass is 273 g/mol. The smallest absolute Gasteiger partial charge is 0.129 e. The zero-order valence-corrected chi connectivity index (χ0v) is 12.2. The molecule has 1 unspecified atom stereocenters. The van der Waals surface area contributed by atoms with Crippen molar-refractivity contribution >= 4 is 17.2 Å². The van der Waals surface area contributed by atoms with Gasteiger partial charge in [0, 0.05) is 23.7 Å². The zero-order valence-electron chi connectivity index (χ0n) is 11.4. The lowest BCUT2D eigenvalue weighted by molar-refractivity contribution is 0.624. The normalized spacial score (nSPS) is 18.5. The molecule has 0 spiro atoms. The Bertz CT molecular complexity index is 591. The molecule has 2 N–H and O–H groups in total. The second kappa shape index (κ2) is 4.94. The van der Waals surface area contributed by atoms with Gasteiger partial charge in [0.15, 0.2) is 0 Å². The van der Waals surface area contributed by atoms with Crippen molar-refractivity contribution < 1.29 is 0 Å². The van der Waals surface area contributed by atoms with Gasteiger partial charge >= 0.3 is 0 Å². The first-order valence-corrected chi connectivity index (χ1v) is 7.58. The molecule has 19 heavy (non-hydrogen) atoms. The molecule has 1 aliphatic rings. The van der Waals surface area contributed by atoms with E-state index in [1.165, 1.54) is 10.4 Å². The van der Waals surface area contributed by atoms with Crippen LogP contribution in [0.5, 0.6) is 0 Å². The van der Waals surface area contributed by atoms with Gasteiger partial charge in [-0.25, -0.2) is 4.98 Å². The van der Waals surface area contributed by atoms with Gasteiger partial charge in [-0.2, -0.15) is 0 Å². The van der Waals surface area contributed by atoms with E-state index in [1.54, 1.807) is 0 Å². The largest absolute Gasteiger partial charge is 0.349 e. The first kappa shape index (κ1) is 12.6. The number of thiophene rings is 1. The Morgan fingerprint density at radius 2 is 2.26 bits per heavy atom. The van der Waals surface area contributed by atoms with E-state index < -0.39 is 0 Å². The Labute approximate surface area is 118 Å². The second-order valence-electron chi connectivity index (χ2n) is 5.04. The van der Waals surface area contributed by atoms with Crippen LogP contribution < -0.4 is 10.6 Å². The summed E-state index contributed by atoms with van der Waals surface area (Å²) >= 11 is 1.87. The van der Waals surface area contributed by atoms with E-state index in [4.69, 9.17) is 10.7 Å². The third kappa shape index (κ3) is 2.15. The highest BCUT2D eigenvalue weighted by molar-refractivity contribution is 7.10. The third-order valence-corrected chi connectivity index (χ3v) is 4.97. The van der Waals surface area contributed by atoms with Crippen molar-refractivity contribution in [3.63, 3.8) is 0 Å². The number of aryl methyl sites for hydroxylation is 1. The molecular weight excluding hydrogens is 254 g/mol. The Hall–Kier alpha value is -1.39. The van der Waals surface area contributed by atoms with Crippen molar-refractivity contribution in [3.8, 4) is 0 Å². The number of rotatable bonds is 2. The van der Waals surface area contributed by atoms with Crippen LogP contribution in [-0.2, 0) is 13.0 Å². The minimum Gasteiger partial charge on any atom is -0.349 e. The molecule has 0 saturated carbocycles. The van der Waals surface area contributed by atoms with Crippen molar-refractivity contribution in [2.24, 2.45) is 5.73 Å².